The number of carbonyl (C=O) groups is 1. The number of urea groups is 1. The molecule has 3 rings (SSSR count). The molecule has 5 nitrogen and oxygen atoms in total. The van der Waals surface area contributed by atoms with E-state index >= 15 is 0 Å². The first-order valence-electron chi connectivity index (χ1n) is 7.40. The standard InChI is InChI=1S/C15H18F3N3O2/c1-19-9-12-10-20(5-6-21(12)14(19)22)8-11-3-2-4-13(7-11)23-15(16,17)18/h2-4,7,12H,5-6,8-10H2,1H3. The van der Waals surface area contributed by atoms with Crippen molar-refractivity contribution in [2.75, 3.05) is 33.2 Å². The van der Waals surface area contributed by atoms with Gasteiger partial charge in [0.2, 0.25) is 0 Å². The zero-order chi connectivity index (χ0) is 16.6. The molecule has 23 heavy (non-hydrogen) atoms. The number of fused-ring (bicyclic) bond motifs is 1. The molecule has 0 radical (unpaired) electrons. The van der Waals surface area contributed by atoms with Crippen molar-refractivity contribution in [3.05, 3.63) is 29.8 Å². The molecule has 1 atom stereocenters. The van der Waals surface area contributed by atoms with Gasteiger partial charge in [-0.05, 0) is 17.7 Å². The van der Waals surface area contributed by atoms with E-state index in [0.29, 0.717) is 26.2 Å². The van der Waals surface area contributed by atoms with Crippen molar-refractivity contribution in [2.45, 2.75) is 18.9 Å². The van der Waals surface area contributed by atoms with Crippen LogP contribution in [0.15, 0.2) is 24.3 Å². The van der Waals surface area contributed by atoms with Crippen LogP contribution in [0.5, 0.6) is 5.75 Å². The number of hydrogen-bond donors (Lipinski definition) is 0. The number of ether oxygens (including phenoxy) is 1. The fraction of sp³-hybridized carbons (Fsp3) is 0.533. The van der Waals surface area contributed by atoms with Crippen LogP contribution < -0.4 is 4.74 Å². The van der Waals surface area contributed by atoms with Gasteiger partial charge in [0, 0.05) is 39.8 Å². The number of hydrogen-bond acceptors (Lipinski definition) is 3. The molecule has 2 saturated heterocycles. The minimum Gasteiger partial charge on any atom is -0.406 e. The Bertz CT molecular complexity index is 594. The summed E-state index contributed by atoms with van der Waals surface area (Å²) in [6.07, 6.45) is -4.68. The van der Waals surface area contributed by atoms with Gasteiger partial charge in [0.25, 0.3) is 0 Å². The van der Waals surface area contributed by atoms with Crippen molar-refractivity contribution in [3.8, 4) is 5.75 Å². The van der Waals surface area contributed by atoms with Crippen LogP contribution in [0.1, 0.15) is 5.56 Å². The maximum absolute atomic E-state index is 12.3. The second-order valence-corrected chi connectivity index (χ2v) is 5.94. The highest BCUT2D eigenvalue weighted by molar-refractivity contribution is 5.77. The number of nitrogens with zero attached hydrogens (tertiary/aromatic N) is 3. The van der Waals surface area contributed by atoms with Crippen molar-refractivity contribution in [2.24, 2.45) is 0 Å². The third-order valence-electron chi connectivity index (χ3n) is 4.16. The molecular formula is C15H18F3N3O2. The summed E-state index contributed by atoms with van der Waals surface area (Å²) in [6.45, 7) is 3.30. The van der Waals surface area contributed by atoms with E-state index in [9.17, 15) is 18.0 Å². The molecule has 2 heterocycles. The number of amides is 2. The summed E-state index contributed by atoms with van der Waals surface area (Å²) in [5, 5.41) is 0. The lowest BCUT2D eigenvalue weighted by Gasteiger charge is -2.36. The van der Waals surface area contributed by atoms with Gasteiger partial charge >= 0.3 is 12.4 Å². The molecule has 1 aromatic rings. The zero-order valence-electron chi connectivity index (χ0n) is 12.7. The lowest BCUT2D eigenvalue weighted by molar-refractivity contribution is -0.274. The van der Waals surface area contributed by atoms with Gasteiger partial charge in [0.1, 0.15) is 5.75 Å². The lowest BCUT2D eigenvalue weighted by atomic mass is 10.1. The number of carbonyl (C=O) groups excluding carboxylic acids is 1. The van der Waals surface area contributed by atoms with Crippen LogP contribution in [0.2, 0.25) is 0 Å². The van der Waals surface area contributed by atoms with Crippen LogP contribution in [0.3, 0.4) is 0 Å². The van der Waals surface area contributed by atoms with Gasteiger partial charge in [-0.25, -0.2) is 4.79 Å². The van der Waals surface area contributed by atoms with Crippen LogP contribution >= 0.6 is 0 Å². The molecular weight excluding hydrogens is 311 g/mol. The predicted molar refractivity (Wildman–Crippen MR) is 76.9 cm³/mol. The number of benzene rings is 1. The van der Waals surface area contributed by atoms with Crippen molar-refractivity contribution in [1.82, 2.24) is 14.7 Å². The molecule has 126 valence electrons. The van der Waals surface area contributed by atoms with Crippen molar-refractivity contribution < 1.29 is 22.7 Å². The van der Waals surface area contributed by atoms with Gasteiger partial charge in [0.05, 0.1) is 6.04 Å². The predicted octanol–water partition coefficient (Wildman–Crippen LogP) is 2.14. The Kier molecular flexibility index (Phi) is 4.09. The number of likely N-dealkylation sites (N-methyl/N-ethyl adjacent to an activating group) is 1. The summed E-state index contributed by atoms with van der Waals surface area (Å²) in [5.41, 5.74) is 0.762. The minimum atomic E-state index is -4.68. The highest BCUT2D eigenvalue weighted by Crippen LogP contribution is 2.25. The average molecular weight is 329 g/mol. The summed E-state index contributed by atoms with van der Waals surface area (Å²) < 4.78 is 40.8. The van der Waals surface area contributed by atoms with Crippen LogP contribution in [0.25, 0.3) is 0 Å². The fourth-order valence-corrected chi connectivity index (χ4v) is 3.18. The van der Waals surface area contributed by atoms with E-state index in [4.69, 9.17) is 0 Å². The Labute approximate surface area is 132 Å². The lowest BCUT2D eigenvalue weighted by Crippen LogP contribution is -2.51. The van der Waals surface area contributed by atoms with Gasteiger partial charge in [-0.15, -0.1) is 13.2 Å². The highest BCUT2D eigenvalue weighted by atomic mass is 19.4. The fourth-order valence-electron chi connectivity index (χ4n) is 3.18. The van der Waals surface area contributed by atoms with Gasteiger partial charge < -0.3 is 14.5 Å². The van der Waals surface area contributed by atoms with E-state index in [1.807, 2.05) is 4.90 Å². The highest BCUT2D eigenvalue weighted by Gasteiger charge is 2.38. The maximum atomic E-state index is 12.3. The monoisotopic (exact) mass is 329 g/mol. The third-order valence-corrected chi connectivity index (χ3v) is 4.16. The first-order chi connectivity index (χ1) is 10.8. The molecule has 0 spiro atoms. The number of rotatable bonds is 3. The van der Waals surface area contributed by atoms with Gasteiger partial charge in [-0.3, -0.25) is 4.90 Å². The van der Waals surface area contributed by atoms with E-state index in [1.54, 1.807) is 24.1 Å². The Morgan fingerprint density at radius 1 is 1.26 bits per heavy atom. The maximum Gasteiger partial charge on any atom is 0.573 e. The Hall–Kier alpha value is -1.96. The molecule has 0 aromatic heterocycles. The van der Waals surface area contributed by atoms with Gasteiger partial charge in [-0.1, -0.05) is 12.1 Å². The second kappa shape index (κ2) is 5.92. The van der Waals surface area contributed by atoms with Crippen LogP contribution in [0.4, 0.5) is 18.0 Å². The van der Waals surface area contributed by atoms with E-state index < -0.39 is 6.36 Å². The number of halogens is 3. The van der Waals surface area contributed by atoms with Gasteiger partial charge in [0.15, 0.2) is 0 Å². The Morgan fingerprint density at radius 2 is 2.04 bits per heavy atom. The largest absolute Gasteiger partial charge is 0.573 e. The van der Waals surface area contributed by atoms with Crippen molar-refractivity contribution in [1.29, 1.82) is 0 Å². The molecule has 0 bridgehead atoms. The smallest absolute Gasteiger partial charge is 0.406 e. The topological polar surface area (TPSA) is 36.0 Å². The molecule has 1 aromatic carbocycles. The molecule has 0 saturated carbocycles. The van der Waals surface area contributed by atoms with Gasteiger partial charge in [-0.2, -0.15) is 0 Å². The molecule has 2 fully saturated rings. The van der Waals surface area contributed by atoms with Crippen molar-refractivity contribution in [3.63, 3.8) is 0 Å². The normalized spacial score (nSPS) is 22.4. The first-order valence-corrected chi connectivity index (χ1v) is 7.40. The summed E-state index contributed by atoms with van der Waals surface area (Å²) in [7, 11) is 1.78. The van der Waals surface area contributed by atoms with E-state index in [0.717, 1.165) is 12.1 Å². The second-order valence-electron chi connectivity index (χ2n) is 5.94. The van der Waals surface area contributed by atoms with E-state index in [-0.39, 0.29) is 17.8 Å². The van der Waals surface area contributed by atoms with E-state index in [1.165, 1.54) is 12.1 Å². The summed E-state index contributed by atoms with van der Waals surface area (Å²) in [5.74, 6) is -0.204. The summed E-state index contributed by atoms with van der Waals surface area (Å²) in [4.78, 5) is 17.6. The average Bonchev–Trinajstić information content (AvgIpc) is 2.72. The molecule has 0 N–H and O–H groups in total. The molecule has 0 aliphatic carbocycles. The van der Waals surface area contributed by atoms with Crippen molar-refractivity contribution >= 4 is 6.03 Å². The van der Waals surface area contributed by atoms with E-state index in [2.05, 4.69) is 9.64 Å². The zero-order valence-corrected chi connectivity index (χ0v) is 12.7. The minimum absolute atomic E-state index is 0.0511. The SMILES string of the molecule is CN1CC2CN(Cc3cccc(OC(F)(F)F)c3)CCN2C1=O. The Morgan fingerprint density at radius 3 is 2.78 bits per heavy atom. The quantitative estimate of drug-likeness (QED) is 0.852. The number of alkyl halides is 3. The first kappa shape index (κ1) is 15.9. The third kappa shape index (κ3) is 3.69. The van der Waals surface area contributed by atoms with Crippen LogP contribution in [-0.4, -0.2) is 66.4 Å². The number of piperazine rings is 1. The van der Waals surface area contributed by atoms with Crippen LogP contribution in [-0.2, 0) is 6.54 Å². The summed E-state index contributed by atoms with van der Waals surface area (Å²) in [6, 6.07) is 6.23. The summed E-state index contributed by atoms with van der Waals surface area (Å²) >= 11 is 0. The molecule has 1 unspecified atom stereocenters. The molecule has 2 amide bonds. The van der Waals surface area contributed by atoms with Crippen LogP contribution in [0, 0.1) is 0 Å². The molecule has 2 aliphatic rings. The molecule has 2 aliphatic heterocycles. The Balaban J connectivity index is 1.62. The molecule has 8 heteroatoms.